The number of hydrogen-bond acceptors (Lipinski definition) is 3. The van der Waals surface area contributed by atoms with Crippen molar-refractivity contribution in [2.24, 2.45) is 0 Å². The van der Waals surface area contributed by atoms with Crippen LogP contribution >= 0.6 is 40.1 Å². The molecule has 2 rings (SSSR count). The summed E-state index contributed by atoms with van der Waals surface area (Å²) in [5.74, 6) is 1.10. The third-order valence-corrected chi connectivity index (χ3v) is 5.26. The molecule has 1 aliphatic heterocycles. The molecule has 0 bridgehead atoms. The Balaban J connectivity index is 0.00000200. The zero-order valence-corrected chi connectivity index (χ0v) is 14.7. The Morgan fingerprint density at radius 3 is 2.95 bits per heavy atom. The van der Waals surface area contributed by atoms with Crippen LogP contribution in [0.15, 0.2) is 33.6 Å². The van der Waals surface area contributed by atoms with Crippen LogP contribution in [0.4, 0.5) is 0 Å². The fourth-order valence-corrected chi connectivity index (χ4v) is 3.67. The van der Waals surface area contributed by atoms with Crippen LogP contribution in [-0.4, -0.2) is 42.2 Å². The van der Waals surface area contributed by atoms with Crippen LogP contribution in [0.1, 0.15) is 13.3 Å². The zero-order valence-electron chi connectivity index (χ0n) is 11.5. The number of hydrogen-bond donors (Lipinski definition) is 1. The van der Waals surface area contributed by atoms with Crippen molar-refractivity contribution in [2.75, 3.05) is 25.4 Å². The van der Waals surface area contributed by atoms with Gasteiger partial charge in [0.15, 0.2) is 0 Å². The molecule has 1 aliphatic rings. The van der Waals surface area contributed by atoms with Crippen LogP contribution in [0.3, 0.4) is 0 Å². The number of piperazine rings is 1. The molecule has 0 aromatic heterocycles. The minimum absolute atomic E-state index is 0. The van der Waals surface area contributed by atoms with Gasteiger partial charge in [0.1, 0.15) is 0 Å². The number of nitrogens with one attached hydrogen (secondary N) is 1. The van der Waals surface area contributed by atoms with Gasteiger partial charge in [0.05, 0.1) is 0 Å². The van der Waals surface area contributed by atoms with Gasteiger partial charge >= 0.3 is 0 Å². The first-order valence-corrected chi connectivity index (χ1v) is 8.34. The van der Waals surface area contributed by atoms with Gasteiger partial charge < -0.3 is 10.2 Å². The maximum absolute atomic E-state index is 12.2. The SMILES string of the molecule is C[C@H]1CNCCN1C(=O)CCSc1ccccc1Br.Cl. The first-order chi connectivity index (χ1) is 9.18. The standard InChI is InChI=1S/C14H19BrN2OS.ClH/c1-11-10-16-7-8-17(11)14(18)6-9-19-13-5-3-2-4-12(13)15;/h2-5,11,16H,6-10H2,1H3;1H/t11-;/m0./s1. The van der Waals surface area contributed by atoms with Gasteiger partial charge in [0.2, 0.25) is 5.91 Å². The normalized spacial score (nSPS) is 18.5. The van der Waals surface area contributed by atoms with E-state index in [4.69, 9.17) is 0 Å². The number of rotatable bonds is 4. The lowest BCUT2D eigenvalue weighted by molar-refractivity contribution is -0.133. The molecule has 3 nitrogen and oxygen atoms in total. The number of thioether (sulfide) groups is 1. The summed E-state index contributed by atoms with van der Waals surface area (Å²) in [6.45, 7) is 4.75. The molecule has 1 saturated heterocycles. The molecule has 1 heterocycles. The van der Waals surface area contributed by atoms with Crippen molar-refractivity contribution in [1.82, 2.24) is 10.2 Å². The van der Waals surface area contributed by atoms with E-state index in [1.807, 2.05) is 23.1 Å². The molecule has 112 valence electrons. The summed E-state index contributed by atoms with van der Waals surface area (Å²) in [6.07, 6.45) is 0.607. The highest BCUT2D eigenvalue weighted by Gasteiger charge is 2.22. The van der Waals surface area contributed by atoms with Crippen LogP contribution in [0.2, 0.25) is 0 Å². The maximum Gasteiger partial charge on any atom is 0.223 e. The van der Waals surface area contributed by atoms with E-state index in [9.17, 15) is 4.79 Å². The Morgan fingerprint density at radius 2 is 2.25 bits per heavy atom. The third-order valence-electron chi connectivity index (χ3n) is 3.23. The molecule has 1 N–H and O–H groups in total. The van der Waals surface area contributed by atoms with Gasteiger partial charge in [-0.2, -0.15) is 0 Å². The van der Waals surface area contributed by atoms with Crippen molar-refractivity contribution in [3.8, 4) is 0 Å². The number of carbonyl (C=O) groups is 1. The Hall–Kier alpha value is -0.230. The summed E-state index contributed by atoms with van der Waals surface area (Å²) < 4.78 is 1.10. The summed E-state index contributed by atoms with van der Waals surface area (Å²) in [5, 5.41) is 3.30. The van der Waals surface area contributed by atoms with Crippen molar-refractivity contribution in [3.63, 3.8) is 0 Å². The van der Waals surface area contributed by atoms with Gasteiger partial charge in [-0.25, -0.2) is 0 Å². The quantitative estimate of drug-likeness (QED) is 0.816. The van der Waals surface area contributed by atoms with Crippen LogP contribution in [0, 0.1) is 0 Å². The monoisotopic (exact) mass is 378 g/mol. The van der Waals surface area contributed by atoms with Gasteiger partial charge in [-0.15, -0.1) is 24.2 Å². The van der Waals surface area contributed by atoms with Crippen molar-refractivity contribution < 1.29 is 4.79 Å². The van der Waals surface area contributed by atoms with E-state index in [1.54, 1.807) is 11.8 Å². The fourth-order valence-electron chi connectivity index (χ4n) is 2.17. The average Bonchev–Trinajstić information content (AvgIpc) is 2.41. The molecule has 1 atom stereocenters. The molecule has 0 radical (unpaired) electrons. The smallest absolute Gasteiger partial charge is 0.223 e. The van der Waals surface area contributed by atoms with Crippen LogP contribution in [0.25, 0.3) is 0 Å². The second-order valence-corrected chi connectivity index (χ2v) is 6.66. The van der Waals surface area contributed by atoms with E-state index in [0.717, 1.165) is 29.9 Å². The lowest BCUT2D eigenvalue weighted by Gasteiger charge is -2.34. The van der Waals surface area contributed by atoms with Crippen molar-refractivity contribution in [1.29, 1.82) is 0 Å². The summed E-state index contributed by atoms with van der Waals surface area (Å²) in [4.78, 5) is 15.4. The number of nitrogens with zero attached hydrogens (tertiary/aromatic N) is 1. The van der Waals surface area contributed by atoms with Crippen LogP contribution in [0.5, 0.6) is 0 Å². The van der Waals surface area contributed by atoms with Gasteiger partial charge in [-0.3, -0.25) is 4.79 Å². The van der Waals surface area contributed by atoms with E-state index in [2.05, 4.69) is 34.2 Å². The Bertz CT molecular complexity index is 447. The second-order valence-electron chi connectivity index (χ2n) is 4.67. The first-order valence-electron chi connectivity index (χ1n) is 6.56. The van der Waals surface area contributed by atoms with E-state index in [1.165, 1.54) is 4.90 Å². The van der Waals surface area contributed by atoms with Gasteiger partial charge in [-0.1, -0.05) is 12.1 Å². The second kappa shape index (κ2) is 8.93. The predicted molar refractivity (Wildman–Crippen MR) is 90.8 cm³/mol. The molecule has 0 spiro atoms. The molecule has 1 amide bonds. The highest BCUT2D eigenvalue weighted by Crippen LogP contribution is 2.27. The summed E-state index contributed by atoms with van der Waals surface area (Å²) in [5.41, 5.74) is 0. The first kappa shape index (κ1) is 17.8. The Kier molecular flexibility index (Phi) is 7.95. The van der Waals surface area contributed by atoms with Crippen molar-refractivity contribution in [3.05, 3.63) is 28.7 Å². The molecule has 6 heteroatoms. The highest BCUT2D eigenvalue weighted by atomic mass is 79.9. The predicted octanol–water partition coefficient (Wildman–Crippen LogP) is 3.17. The van der Waals surface area contributed by atoms with E-state index in [0.29, 0.717) is 12.5 Å². The van der Waals surface area contributed by atoms with E-state index < -0.39 is 0 Å². The molecule has 1 fully saturated rings. The van der Waals surface area contributed by atoms with Gasteiger partial charge in [0, 0.05) is 47.2 Å². The molecule has 0 unspecified atom stereocenters. The molecule has 1 aromatic rings. The minimum Gasteiger partial charge on any atom is -0.337 e. The zero-order chi connectivity index (χ0) is 13.7. The lowest BCUT2D eigenvalue weighted by Crippen LogP contribution is -2.52. The number of benzene rings is 1. The molecule has 0 aliphatic carbocycles. The van der Waals surface area contributed by atoms with E-state index in [-0.39, 0.29) is 18.3 Å². The third kappa shape index (κ3) is 4.95. The molecule has 20 heavy (non-hydrogen) atoms. The minimum atomic E-state index is 0. The summed E-state index contributed by atoms with van der Waals surface area (Å²) >= 11 is 5.26. The maximum atomic E-state index is 12.2. The number of carbonyl (C=O) groups excluding carboxylic acids is 1. The molecular formula is C14H20BrClN2OS. The largest absolute Gasteiger partial charge is 0.337 e. The summed E-state index contributed by atoms with van der Waals surface area (Å²) in [6, 6.07) is 8.44. The van der Waals surface area contributed by atoms with Crippen LogP contribution < -0.4 is 5.32 Å². The Morgan fingerprint density at radius 1 is 1.50 bits per heavy atom. The van der Waals surface area contributed by atoms with Crippen molar-refractivity contribution >= 4 is 46.0 Å². The van der Waals surface area contributed by atoms with Crippen LogP contribution in [-0.2, 0) is 4.79 Å². The number of amides is 1. The Labute approximate surface area is 139 Å². The fraction of sp³-hybridized carbons (Fsp3) is 0.500. The summed E-state index contributed by atoms with van der Waals surface area (Å²) in [7, 11) is 0. The van der Waals surface area contributed by atoms with Gasteiger partial charge in [-0.05, 0) is 35.0 Å². The highest BCUT2D eigenvalue weighted by molar-refractivity contribution is 9.10. The average molecular weight is 380 g/mol. The molecule has 1 aromatic carbocycles. The molecule has 0 saturated carbocycles. The van der Waals surface area contributed by atoms with Gasteiger partial charge in [0.25, 0.3) is 0 Å². The van der Waals surface area contributed by atoms with E-state index >= 15 is 0 Å². The van der Waals surface area contributed by atoms with Crippen molar-refractivity contribution in [2.45, 2.75) is 24.3 Å². The number of halogens is 2. The lowest BCUT2D eigenvalue weighted by atomic mass is 10.2. The molecular weight excluding hydrogens is 360 g/mol. The topological polar surface area (TPSA) is 32.3 Å².